The number of tetrazole rings is 1. The molecule has 2 atom stereocenters. The third-order valence-corrected chi connectivity index (χ3v) is 6.81. The maximum atomic E-state index is 13.1. The van der Waals surface area contributed by atoms with Crippen LogP contribution >= 0.6 is 0 Å². The summed E-state index contributed by atoms with van der Waals surface area (Å²) in [5.74, 6) is 2.22. The number of ether oxygens (including phenoxy) is 3. The van der Waals surface area contributed by atoms with Crippen LogP contribution in [0.2, 0.25) is 0 Å². The molecule has 4 heterocycles. The van der Waals surface area contributed by atoms with Crippen molar-refractivity contribution < 1.29 is 19.3 Å². The number of H-pyrrole nitrogens is 1. The molecule has 0 aliphatic carbocycles. The van der Waals surface area contributed by atoms with Crippen LogP contribution in [-0.2, 0) is 17.8 Å². The van der Waals surface area contributed by atoms with Gasteiger partial charge in [0, 0.05) is 43.3 Å². The molecule has 2 aliphatic rings. The van der Waals surface area contributed by atoms with Gasteiger partial charge in [0.05, 0.1) is 24.2 Å². The lowest BCUT2D eigenvalue weighted by molar-refractivity contribution is 0.0851. The molecule has 5 rings (SSSR count). The molecule has 11 nitrogen and oxygen atoms in total. The molecule has 0 amide bonds. The Labute approximate surface area is 209 Å². The van der Waals surface area contributed by atoms with Crippen LogP contribution in [0.5, 0.6) is 11.5 Å². The molecule has 1 saturated heterocycles. The number of benzene rings is 1. The standard InChI is InChI=1S/C25H34N6O5/c1-16(2)23(24-27-28-29-31(24)15-19-5-3-8-34-19)30(6-4-7-32)14-18-11-17-12-21-22(36-10-9-35-21)13-20(17)26-25(18)33/h11-13,16,19,23,32H,3-10,14-15H2,1-2H3,(H,26,33)/t19-,23-/m0/s1. The Kier molecular flexibility index (Phi) is 7.49. The van der Waals surface area contributed by atoms with E-state index in [2.05, 4.69) is 39.3 Å². The Morgan fingerprint density at radius 2 is 2.00 bits per heavy atom. The van der Waals surface area contributed by atoms with Gasteiger partial charge < -0.3 is 24.3 Å². The third kappa shape index (κ3) is 5.23. The highest BCUT2D eigenvalue weighted by Gasteiger charge is 2.31. The number of aromatic amines is 1. The Morgan fingerprint density at radius 3 is 2.72 bits per heavy atom. The lowest BCUT2D eigenvalue weighted by Crippen LogP contribution is -2.37. The lowest BCUT2D eigenvalue weighted by atomic mass is 10.00. The maximum absolute atomic E-state index is 13.1. The van der Waals surface area contributed by atoms with Crippen molar-refractivity contribution in [1.29, 1.82) is 0 Å². The van der Waals surface area contributed by atoms with Gasteiger partial charge in [0.1, 0.15) is 13.2 Å². The second-order valence-corrected chi connectivity index (χ2v) is 9.80. The molecule has 194 valence electrons. The predicted octanol–water partition coefficient (Wildman–Crippen LogP) is 2.05. The summed E-state index contributed by atoms with van der Waals surface area (Å²) < 4.78 is 19.0. The van der Waals surface area contributed by atoms with Crippen molar-refractivity contribution in [2.24, 2.45) is 5.92 Å². The first-order chi connectivity index (χ1) is 17.5. The van der Waals surface area contributed by atoms with Crippen molar-refractivity contribution in [3.05, 3.63) is 39.9 Å². The Balaban J connectivity index is 1.47. The van der Waals surface area contributed by atoms with E-state index in [0.717, 1.165) is 30.7 Å². The predicted molar refractivity (Wildman–Crippen MR) is 132 cm³/mol. The van der Waals surface area contributed by atoms with E-state index in [1.165, 1.54) is 0 Å². The average molecular weight is 499 g/mol. The van der Waals surface area contributed by atoms with Crippen LogP contribution in [0.4, 0.5) is 0 Å². The Bertz CT molecular complexity index is 1240. The fourth-order valence-corrected chi connectivity index (χ4v) is 5.13. The molecule has 3 aromatic rings. The molecule has 2 aromatic heterocycles. The minimum Gasteiger partial charge on any atom is -0.486 e. The summed E-state index contributed by atoms with van der Waals surface area (Å²) in [4.78, 5) is 18.3. The summed E-state index contributed by atoms with van der Waals surface area (Å²) in [6, 6.07) is 5.48. The van der Waals surface area contributed by atoms with E-state index in [9.17, 15) is 9.90 Å². The van der Waals surface area contributed by atoms with Crippen molar-refractivity contribution >= 4 is 10.9 Å². The quantitative estimate of drug-likeness (QED) is 0.432. The summed E-state index contributed by atoms with van der Waals surface area (Å²) in [6.07, 6.45) is 2.71. The first-order valence-electron chi connectivity index (χ1n) is 12.7. The summed E-state index contributed by atoms with van der Waals surface area (Å²) >= 11 is 0. The summed E-state index contributed by atoms with van der Waals surface area (Å²) in [5, 5.41) is 23.1. The van der Waals surface area contributed by atoms with Crippen molar-refractivity contribution in [2.45, 2.75) is 58.3 Å². The van der Waals surface area contributed by atoms with Gasteiger partial charge in [-0.1, -0.05) is 13.8 Å². The number of aliphatic hydroxyl groups is 1. The number of pyridine rings is 1. The topological polar surface area (TPSA) is 128 Å². The average Bonchev–Trinajstić information content (AvgIpc) is 3.54. The largest absolute Gasteiger partial charge is 0.486 e. The smallest absolute Gasteiger partial charge is 0.252 e. The molecule has 0 bridgehead atoms. The van der Waals surface area contributed by atoms with Gasteiger partial charge in [0.25, 0.3) is 5.56 Å². The lowest BCUT2D eigenvalue weighted by Gasteiger charge is -2.33. The zero-order valence-corrected chi connectivity index (χ0v) is 20.9. The van der Waals surface area contributed by atoms with Crippen molar-refractivity contribution in [2.75, 3.05) is 33.0 Å². The summed E-state index contributed by atoms with van der Waals surface area (Å²) in [5.41, 5.74) is 1.17. The number of fused-ring (bicyclic) bond motifs is 2. The zero-order chi connectivity index (χ0) is 25.1. The van der Waals surface area contributed by atoms with E-state index in [1.807, 2.05) is 22.9 Å². The number of nitrogens with zero attached hydrogens (tertiary/aromatic N) is 5. The monoisotopic (exact) mass is 498 g/mol. The second kappa shape index (κ2) is 10.9. The molecule has 11 heteroatoms. The van der Waals surface area contributed by atoms with Gasteiger partial charge in [0.15, 0.2) is 17.3 Å². The number of nitrogens with one attached hydrogen (secondary N) is 1. The number of hydrogen-bond donors (Lipinski definition) is 2. The van der Waals surface area contributed by atoms with Gasteiger partial charge >= 0.3 is 0 Å². The summed E-state index contributed by atoms with van der Waals surface area (Å²) in [6.45, 7) is 7.63. The molecule has 1 fully saturated rings. The van der Waals surface area contributed by atoms with E-state index in [4.69, 9.17) is 14.2 Å². The van der Waals surface area contributed by atoms with E-state index < -0.39 is 0 Å². The van der Waals surface area contributed by atoms with Gasteiger partial charge in [-0.05, 0) is 47.7 Å². The van der Waals surface area contributed by atoms with Crippen molar-refractivity contribution in [3.63, 3.8) is 0 Å². The van der Waals surface area contributed by atoms with Gasteiger partial charge in [-0.15, -0.1) is 5.10 Å². The van der Waals surface area contributed by atoms with Crippen LogP contribution in [0.3, 0.4) is 0 Å². The SMILES string of the molecule is CC(C)[C@@H](c1nnnn1C[C@@H]1CCCO1)N(CCCO)Cc1cc2cc3c(cc2[nH]c1=O)OCCO3. The molecule has 1 aromatic carbocycles. The first-order valence-corrected chi connectivity index (χ1v) is 12.7. The van der Waals surface area contributed by atoms with Crippen LogP contribution in [0.25, 0.3) is 10.9 Å². The molecular formula is C25H34N6O5. The summed E-state index contributed by atoms with van der Waals surface area (Å²) in [7, 11) is 0. The number of aromatic nitrogens is 5. The minimum atomic E-state index is -0.158. The molecule has 2 N–H and O–H groups in total. The Morgan fingerprint density at radius 1 is 1.19 bits per heavy atom. The van der Waals surface area contributed by atoms with Crippen LogP contribution in [0.15, 0.2) is 23.0 Å². The molecular weight excluding hydrogens is 464 g/mol. The first kappa shape index (κ1) is 24.7. The minimum absolute atomic E-state index is 0.0553. The van der Waals surface area contributed by atoms with Gasteiger partial charge in [-0.3, -0.25) is 9.69 Å². The van der Waals surface area contributed by atoms with E-state index >= 15 is 0 Å². The highest BCUT2D eigenvalue weighted by Crippen LogP contribution is 2.34. The molecule has 0 unspecified atom stereocenters. The van der Waals surface area contributed by atoms with Crippen LogP contribution in [-0.4, -0.2) is 74.3 Å². The fraction of sp³-hybridized carbons (Fsp3) is 0.600. The second-order valence-electron chi connectivity index (χ2n) is 9.80. The number of rotatable bonds is 10. The normalized spacial score (nSPS) is 18.4. The van der Waals surface area contributed by atoms with E-state index in [-0.39, 0.29) is 30.2 Å². The van der Waals surface area contributed by atoms with Crippen LogP contribution in [0.1, 0.15) is 50.5 Å². The van der Waals surface area contributed by atoms with E-state index in [0.29, 0.717) is 61.8 Å². The number of aliphatic hydroxyl groups excluding tert-OH is 1. The maximum Gasteiger partial charge on any atom is 0.252 e. The van der Waals surface area contributed by atoms with Crippen LogP contribution < -0.4 is 15.0 Å². The third-order valence-electron chi connectivity index (χ3n) is 6.81. The van der Waals surface area contributed by atoms with Crippen LogP contribution in [0, 0.1) is 5.92 Å². The highest BCUT2D eigenvalue weighted by atomic mass is 16.6. The molecule has 0 spiro atoms. The molecule has 2 aliphatic heterocycles. The van der Waals surface area contributed by atoms with E-state index in [1.54, 1.807) is 0 Å². The fourth-order valence-electron chi connectivity index (χ4n) is 5.13. The Hall–Kier alpha value is -3.02. The number of hydrogen-bond acceptors (Lipinski definition) is 9. The molecule has 36 heavy (non-hydrogen) atoms. The zero-order valence-electron chi connectivity index (χ0n) is 20.9. The van der Waals surface area contributed by atoms with Gasteiger partial charge in [-0.25, -0.2) is 4.68 Å². The molecule has 0 radical (unpaired) electrons. The van der Waals surface area contributed by atoms with Gasteiger partial charge in [-0.2, -0.15) is 0 Å². The molecule has 0 saturated carbocycles. The van der Waals surface area contributed by atoms with Gasteiger partial charge in [0.2, 0.25) is 0 Å². The van der Waals surface area contributed by atoms with Crippen molar-refractivity contribution in [3.8, 4) is 11.5 Å². The van der Waals surface area contributed by atoms with Crippen molar-refractivity contribution in [1.82, 2.24) is 30.1 Å². The highest BCUT2D eigenvalue weighted by molar-refractivity contribution is 5.83.